The lowest BCUT2D eigenvalue weighted by Gasteiger charge is -2.10. The number of carboxylic acids is 1. The van der Waals surface area contributed by atoms with Crippen LogP contribution >= 0.6 is 0 Å². The molecule has 0 saturated heterocycles. The van der Waals surface area contributed by atoms with E-state index in [0.29, 0.717) is 5.56 Å². The minimum absolute atomic E-state index is 0.0810. The van der Waals surface area contributed by atoms with Gasteiger partial charge in [-0.3, -0.25) is 0 Å². The molecule has 3 aromatic carbocycles. The summed E-state index contributed by atoms with van der Waals surface area (Å²) in [6.07, 6.45) is 6.46. The second-order valence-electron chi connectivity index (χ2n) is 8.96. The molecule has 0 radical (unpaired) electrons. The van der Waals surface area contributed by atoms with Crippen molar-refractivity contribution in [3.63, 3.8) is 0 Å². The molecule has 1 aromatic heterocycles. The van der Waals surface area contributed by atoms with E-state index >= 15 is 0 Å². The van der Waals surface area contributed by atoms with Crippen LogP contribution in [0.15, 0.2) is 61.2 Å². The molecule has 0 bridgehead atoms. The maximum absolute atomic E-state index is 10.9. The Morgan fingerprint density at radius 1 is 0.853 bits per heavy atom. The number of nitrogens with zero attached hydrogens (tertiary/aromatic N) is 2. The molecule has 1 N–H and O–H groups in total. The van der Waals surface area contributed by atoms with Gasteiger partial charge in [0.15, 0.2) is 0 Å². The summed E-state index contributed by atoms with van der Waals surface area (Å²) in [6.45, 7) is 14.5. The Morgan fingerprint density at radius 3 is 1.88 bits per heavy atom. The maximum atomic E-state index is 10.9. The molecule has 0 amide bonds. The normalized spacial score (nSPS) is 10.6. The zero-order chi connectivity index (χ0) is 25.2. The highest BCUT2D eigenvalue weighted by Crippen LogP contribution is 2.22. The minimum atomic E-state index is -1.06. The first-order valence-corrected chi connectivity index (χ1v) is 11.2. The number of hydrogen-bond acceptors (Lipinski definition) is 2. The van der Waals surface area contributed by atoms with Crippen molar-refractivity contribution in [1.82, 2.24) is 4.57 Å². The van der Waals surface area contributed by atoms with Gasteiger partial charge < -0.3 is 10.2 Å². The van der Waals surface area contributed by atoms with Gasteiger partial charge in [0.1, 0.15) is 23.8 Å². The number of aryl methyl sites for hydroxylation is 6. The summed E-state index contributed by atoms with van der Waals surface area (Å²) in [5.41, 5.74) is 10.8. The van der Waals surface area contributed by atoms with E-state index in [2.05, 4.69) is 93.7 Å². The third kappa shape index (κ3) is 5.20. The minimum Gasteiger partial charge on any atom is -0.872 e. The maximum Gasteiger partial charge on any atom is 0.335 e. The number of aromatic nitrogens is 2. The van der Waals surface area contributed by atoms with E-state index < -0.39 is 5.97 Å². The molecule has 176 valence electrons. The number of imidazole rings is 1. The predicted molar refractivity (Wildman–Crippen MR) is 133 cm³/mol. The van der Waals surface area contributed by atoms with Crippen molar-refractivity contribution in [2.75, 3.05) is 0 Å². The highest BCUT2D eigenvalue weighted by molar-refractivity contribution is 5.89. The predicted octanol–water partition coefficient (Wildman–Crippen LogP) is 5.37. The third-order valence-electron chi connectivity index (χ3n) is 5.94. The molecule has 0 saturated carbocycles. The van der Waals surface area contributed by atoms with Gasteiger partial charge in [-0.15, -0.1) is 5.75 Å². The summed E-state index contributed by atoms with van der Waals surface area (Å²) in [4.78, 5) is 10.4. The number of hydrogen-bond donors (Lipinski definition) is 1. The highest BCUT2D eigenvalue weighted by atomic mass is 16.4. The van der Waals surface area contributed by atoms with E-state index in [9.17, 15) is 9.90 Å². The van der Waals surface area contributed by atoms with Gasteiger partial charge in [0, 0.05) is 0 Å². The van der Waals surface area contributed by atoms with Crippen LogP contribution < -0.4 is 9.67 Å². The monoisotopic (exact) mass is 456 g/mol. The van der Waals surface area contributed by atoms with Crippen LogP contribution in [0.25, 0.3) is 11.4 Å². The SMILES string of the molecule is Cc1c([O-])cccc1C(=O)O.Cc1cc(C)c(-n2cc[n+](-c3c(C)cc(C)cc3C)c2)c(C)c1. The molecule has 5 nitrogen and oxygen atoms in total. The second-order valence-corrected chi connectivity index (χ2v) is 8.96. The number of benzene rings is 3. The van der Waals surface area contributed by atoms with Crippen LogP contribution in [0.5, 0.6) is 5.75 Å². The molecule has 0 atom stereocenters. The fourth-order valence-electron chi connectivity index (χ4n) is 4.62. The number of rotatable bonds is 3. The van der Waals surface area contributed by atoms with Crippen LogP contribution in [0.1, 0.15) is 49.3 Å². The van der Waals surface area contributed by atoms with Crippen molar-refractivity contribution < 1.29 is 19.6 Å². The van der Waals surface area contributed by atoms with E-state index in [1.54, 1.807) is 0 Å². The largest absolute Gasteiger partial charge is 0.872 e. The number of aromatic carboxylic acids is 1. The Bertz CT molecular complexity index is 1250. The molecule has 0 aliphatic rings. The van der Waals surface area contributed by atoms with E-state index in [-0.39, 0.29) is 11.3 Å². The Balaban J connectivity index is 0.000000248. The quantitative estimate of drug-likeness (QED) is 0.421. The van der Waals surface area contributed by atoms with Crippen molar-refractivity contribution in [2.45, 2.75) is 48.5 Å². The molecule has 4 aromatic rings. The average molecular weight is 457 g/mol. The van der Waals surface area contributed by atoms with Crippen LogP contribution in [-0.4, -0.2) is 15.6 Å². The van der Waals surface area contributed by atoms with Crippen LogP contribution in [-0.2, 0) is 0 Å². The van der Waals surface area contributed by atoms with Crippen molar-refractivity contribution in [2.24, 2.45) is 0 Å². The Kier molecular flexibility index (Phi) is 7.26. The Labute approximate surface area is 201 Å². The first-order chi connectivity index (χ1) is 16.0. The standard InChI is InChI=1S/C21H25N2.C8H8O3/c1-14-9-16(3)20(17(4)10-14)22-7-8-23(13-22)21-18(5)11-15(2)12-19(21)6;1-5-6(8(10)11)3-2-4-7(5)9/h7-13H,1-6H3;2-4,9H,1H3,(H,10,11)/q+1;/p-1. The van der Waals surface area contributed by atoms with Crippen LogP contribution in [0.4, 0.5) is 0 Å². The smallest absolute Gasteiger partial charge is 0.335 e. The van der Waals surface area contributed by atoms with Crippen molar-refractivity contribution >= 4 is 5.97 Å². The van der Waals surface area contributed by atoms with Gasteiger partial charge in [0.05, 0.1) is 5.56 Å². The number of carboxylic acid groups (broad SMARTS) is 1. The first kappa shape index (κ1) is 24.8. The van der Waals surface area contributed by atoms with E-state index in [1.807, 2.05) is 0 Å². The molecule has 0 aliphatic heterocycles. The topological polar surface area (TPSA) is 69.2 Å². The van der Waals surface area contributed by atoms with Gasteiger partial charge in [-0.05, 0) is 82.3 Å². The Hall–Kier alpha value is -3.86. The zero-order valence-electron chi connectivity index (χ0n) is 20.9. The lowest BCUT2D eigenvalue weighted by molar-refractivity contribution is -0.595. The molecule has 5 heteroatoms. The molecule has 4 rings (SSSR count). The Morgan fingerprint density at radius 2 is 1.38 bits per heavy atom. The van der Waals surface area contributed by atoms with Crippen molar-refractivity contribution in [1.29, 1.82) is 0 Å². The molecule has 0 aliphatic carbocycles. The highest BCUT2D eigenvalue weighted by Gasteiger charge is 2.16. The fourth-order valence-corrected chi connectivity index (χ4v) is 4.62. The summed E-state index contributed by atoms with van der Waals surface area (Å²) >= 11 is 0. The molecule has 0 unspecified atom stereocenters. The molecular formula is C29H32N2O3. The molecule has 34 heavy (non-hydrogen) atoms. The van der Waals surface area contributed by atoms with Gasteiger partial charge in [-0.1, -0.05) is 47.5 Å². The van der Waals surface area contributed by atoms with E-state index in [0.717, 1.165) is 0 Å². The lowest BCUT2D eigenvalue weighted by Crippen LogP contribution is -2.30. The van der Waals surface area contributed by atoms with Crippen molar-refractivity contribution in [3.05, 3.63) is 106 Å². The van der Waals surface area contributed by atoms with Crippen LogP contribution in [0.2, 0.25) is 0 Å². The van der Waals surface area contributed by atoms with E-state index in [4.69, 9.17) is 5.11 Å². The molecule has 0 spiro atoms. The summed E-state index contributed by atoms with van der Waals surface area (Å²) in [5, 5.41) is 19.4. The summed E-state index contributed by atoms with van der Waals surface area (Å²) in [7, 11) is 0. The van der Waals surface area contributed by atoms with Crippen LogP contribution in [0.3, 0.4) is 0 Å². The zero-order valence-corrected chi connectivity index (χ0v) is 20.9. The van der Waals surface area contributed by atoms with Gasteiger partial charge in [0.2, 0.25) is 0 Å². The average Bonchev–Trinajstić information content (AvgIpc) is 3.17. The van der Waals surface area contributed by atoms with Crippen molar-refractivity contribution in [3.8, 4) is 17.1 Å². The molecular weight excluding hydrogens is 424 g/mol. The summed E-state index contributed by atoms with van der Waals surface area (Å²) in [5.74, 6) is -1.29. The second kappa shape index (κ2) is 9.96. The fraction of sp³-hybridized carbons (Fsp3) is 0.241. The van der Waals surface area contributed by atoms with E-state index in [1.165, 1.54) is 69.9 Å². The molecule has 1 heterocycles. The van der Waals surface area contributed by atoms with Gasteiger partial charge in [-0.25, -0.2) is 13.9 Å². The van der Waals surface area contributed by atoms with Gasteiger partial charge >= 0.3 is 5.97 Å². The third-order valence-corrected chi connectivity index (χ3v) is 5.94. The number of carbonyl (C=O) groups is 1. The van der Waals surface area contributed by atoms with Gasteiger partial charge in [-0.2, -0.15) is 0 Å². The summed E-state index contributed by atoms with van der Waals surface area (Å²) < 4.78 is 4.45. The lowest BCUT2D eigenvalue weighted by atomic mass is 10.0. The summed E-state index contributed by atoms with van der Waals surface area (Å²) in [6, 6.07) is 13.2. The molecule has 0 fully saturated rings. The first-order valence-electron chi connectivity index (χ1n) is 11.2. The van der Waals surface area contributed by atoms with Crippen LogP contribution in [0, 0.1) is 48.5 Å². The van der Waals surface area contributed by atoms with Gasteiger partial charge in [0.25, 0.3) is 6.33 Å².